The van der Waals surface area contributed by atoms with Crippen LogP contribution in [0.3, 0.4) is 0 Å². The second kappa shape index (κ2) is 4.89. The first kappa shape index (κ1) is 12.8. The number of thiazole rings is 1. The fourth-order valence-electron chi connectivity index (χ4n) is 1.76. The number of carbonyl (C=O) groups is 1. The molecule has 1 amide bonds. The van der Waals surface area contributed by atoms with Gasteiger partial charge in [-0.2, -0.15) is 0 Å². The molecule has 6 heteroatoms. The van der Waals surface area contributed by atoms with Crippen LogP contribution < -0.4 is 5.32 Å². The second-order valence-electron chi connectivity index (χ2n) is 4.35. The van der Waals surface area contributed by atoms with Crippen molar-refractivity contribution in [3.05, 3.63) is 29.1 Å². The third-order valence-electron chi connectivity index (χ3n) is 2.65. The van der Waals surface area contributed by atoms with Crippen molar-refractivity contribution in [1.82, 2.24) is 19.9 Å². The molecule has 0 saturated heterocycles. The number of aromatic nitrogens is 3. The molecule has 0 radical (unpaired) electrons. The van der Waals surface area contributed by atoms with E-state index in [0.29, 0.717) is 11.4 Å². The van der Waals surface area contributed by atoms with E-state index in [-0.39, 0.29) is 11.8 Å². The van der Waals surface area contributed by atoms with E-state index in [1.807, 2.05) is 11.3 Å². The Balaban J connectivity index is 2.45. The highest BCUT2D eigenvalue weighted by Gasteiger charge is 2.20. The lowest BCUT2D eigenvalue weighted by Crippen LogP contribution is -2.23. The summed E-state index contributed by atoms with van der Waals surface area (Å²) in [6, 6.07) is 0. The monoisotopic (exact) mass is 264 g/mol. The summed E-state index contributed by atoms with van der Waals surface area (Å²) in [6.07, 6.45) is 1.66. The maximum absolute atomic E-state index is 12.0. The van der Waals surface area contributed by atoms with Crippen LogP contribution in [-0.4, -0.2) is 27.0 Å². The highest BCUT2D eigenvalue weighted by atomic mass is 32.1. The van der Waals surface area contributed by atoms with Crippen molar-refractivity contribution in [2.45, 2.75) is 26.7 Å². The van der Waals surface area contributed by atoms with E-state index in [4.69, 9.17) is 0 Å². The molecule has 0 unspecified atom stereocenters. The minimum atomic E-state index is -0.0855. The van der Waals surface area contributed by atoms with Gasteiger partial charge in [0.05, 0.1) is 0 Å². The van der Waals surface area contributed by atoms with Crippen LogP contribution in [0.1, 0.15) is 41.0 Å². The van der Waals surface area contributed by atoms with Gasteiger partial charge in [-0.1, -0.05) is 31.3 Å². The average Bonchev–Trinajstić information content (AvgIpc) is 2.87. The molecule has 0 aliphatic rings. The molecule has 2 rings (SSSR count). The Hall–Kier alpha value is -1.69. The van der Waals surface area contributed by atoms with Crippen molar-refractivity contribution < 1.29 is 4.79 Å². The molecule has 5 nitrogen and oxygen atoms in total. The predicted molar refractivity (Wildman–Crippen MR) is 72.2 cm³/mol. The van der Waals surface area contributed by atoms with E-state index in [9.17, 15) is 4.79 Å². The van der Waals surface area contributed by atoms with E-state index in [1.54, 1.807) is 6.08 Å². The van der Waals surface area contributed by atoms with E-state index in [1.165, 1.54) is 11.3 Å². The van der Waals surface area contributed by atoms with Gasteiger partial charge in [0, 0.05) is 18.2 Å². The summed E-state index contributed by atoms with van der Waals surface area (Å²) in [5.41, 5.74) is 0.894. The Morgan fingerprint density at radius 1 is 1.56 bits per heavy atom. The van der Waals surface area contributed by atoms with Crippen molar-refractivity contribution in [1.29, 1.82) is 0 Å². The summed E-state index contributed by atoms with van der Waals surface area (Å²) >= 11 is 1.36. The van der Waals surface area contributed by atoms with Gasteiger partial charge >= 0.3 is 0 Å². The van der Waals surface area contributed by atoms with Crippen LogP contribution in [0.5, 0.6) is 0 Å². The minimum Gasteiger partial charge on any atom is -0.348 e. The molecule has 0 bridgehead atoms. The number of rotatable bonds is 4. The second-order valence-corrected chi connectivity index (χ2v) is 5.32. The highest BCUT2D eigenvalue weighted by Crippen LogP contribution is 2.25. The number of hydrogen-bond donors (Lipinski definition) is 1. The third kappa shape index (κ3) is 2.03. The number of aryl methyl sites for hydroxylation is 1. The maximum Gasteiger partial charge on any atom is 0.263 e. The summed E-state index contributed by atoms with van der Waals surface area (Å²) in [4.78, 5) is 13.4. The molecule has 0 fully saturated rings. The zero-order valence-electron chi connectivity index (χ0n) is 10.7. The number of nitrogens with zero attached hydrogens (tertiary/aromatic N) is 3. The van der Waals surface area contributed by atoms with E-state index < -0.39 is 0 Å². The molecule has 0 aliphatic heterocycles. The summed E-state index contributed by atoms with van der Waals surface area (Å²) in [6.45, 7) is 10.1. The molecule has 2 aromatic heterocycles. The Kier molecular flexibility index (Phi) is 3.47. The van der Waals surface area contributed by atoms with Gasteiger partial charge in [-0.3, -0.25) is 9.20 Å². The number of amides is 1. The molecule has 0 aromatic carbocycles. The molecule has 96 valence electrons. The standard InChI is InChI=1S/C12H16N4OS/c1-5-6-13-11(17)9-8(4)16-10(7(2)3)14-15-12(16)18-9/h5,7H,1,6H2,2-4H3,(H,13,17). The van der Waals surface area contributed by atoms with Gasteiger partial charge in [-0.25, -0.2) is 0 Å². The van der Waals surface area contributed by atoms with Crippen molar-refractivity contribution in [2.24, 2.45) is 0 Å². The zero-order chi connectivity index (χ0) is 13.3. The fraction of sp³-hybridized carbons (Fsp3) is 0.417. The topological polar surface area (TPSA) is 59.3 Å². The van der Waals surface area contributed by atoms with Gasteiger partial charge in [-0.15, -0.1) is 16.8 Å². The molecule has 2 heterocycles. The van der Waals surface area contributed by atoms with Crippen molar-refractivity contribution in [3.8, 4) is 0 Å². The van der Waals surface area contributed by atoms with Gasteiger partial charge in [0.25, 0.3) is 5.91 Å². The summed E-state index contributed by atoms with van der Waals surface area (Å²) in [7, 11) is 0. The molecule has 2 aromatic rings. The smallest absolute Gasteiger partial charge is 0.263 e. The van der Waals surface area contributed by atoms with Gasteiger partial charge in [0.1, 0.15) is 10.7 Å². The van der Waals surface area contributed by atoms with Crippen molar-refractivity contribution in [3.63, 3.8) is 0 Å². The molecule has 0 spiro atoms. The van der Waals surface area contributed by atoms with Crippen LogP contribution in [0.25, 0.3) is 4.96 Å². The SMILES string of the molecule is C=CCNC(=O)c1sc2nnc(C(C)C)n2c1C. The van der Waals surface area contributed by atoms with Crippen LogP contribution in [-0.2, 0) is 0 Å². The van der Waals surface area contributed by atoms with Gasteiger partial charge in [0.2, 0.25) is 4.96 Å². The molecular formula is C12H16N4OS. The largest absolute Gasteiger partial charge is 0.348 e. The fourth-order valence-corrected chi connectivity index (χ4v) is 2.75. The first-order chi connectivity index (χ1) is 8.56. The first-order valence-corrected chi connectivity index (χ1v) is 6.61. The van der Waals surface area contributed by atoms with Crippen LogP contribution in [0.4, 0.5) is 0 Å². The average molecular weight is 264 g/mol. The quantitative estimate of drug-likeness (QED) is 0.861. The number of hydrogen-bond acceptors (Lipinski definition) is 4. The summed E-state index contributed by atoms with van der Waals surface area (Å²) < 4.78 is 1.96. The minimum absolute atomic E-state index is 0.0855. The Morgan fingerprint density at radius 2 is 2.28 bits per heavy atom. The predicted octanol–water partition coefficient (Wildman–Crippen LogP) is 2.14. The Bertz CT molecular complexity index is 597. The molecular weight excluding hydrogens is 248 g/mol. The van der Waals surface area contributed by atoms with E-state index in [0.717, 1.165) is 16.5 Å². The van der Waals surface area contributed by atoms with Crippen LogP contribution in [0.2, 0.25) is 0 Å². The van der Waals surface area contributed by atoms with Gasteiger partial charge in [0.15, 0.2) is 0 Å². The molecule has 0 atom stereocenters. The third-order valence-corrected chi connectivity index (χ3v) is 3.78. The number of nitrogens with one attached hydrogen (secondary N) is 1. The Labute approximate surface area is 110 Å². The molecule has 0 aliphatic carbocycles. The van der Waals surface area contributed by atoms with Gasteiger partial charge < -0.3 is 5.32 Å². The van der Waals surface area contributed by atoms with E-state index in [2.05, 4.69) is 35.9 Å². The van der Waals surface area contributed by atoms with E-state index >= 15 is 0 Å². The lowest BCUT2D eigenvalue weighted by Gasteiger charge is -2.03. The zero-order valence-corrected chi connectivity index (χ0v) is 11.5. The maximum atomic E-state index is 12.0. The summed E-state index contributed by atoms with van der Waals surface area (Å²) in [5.74, 6) is 1.08. The number of carbonyl (C=O) groups excluding carboxylic acids is 1. The summed E-state index contributed by atoms with van der Waals surface area (Å²) in [5, 5.41) is 11.0. The number of fused-ring (bicyclic) bond motifs is 1. The van der Waals surface area contributed by atoms with Crippen LogP contribution in [0, 0.1) is 6.92 Å². The Morgan fingerprint density at radius 3 is 2.89 bits per heavy atom. The van der Waals surface area contributed by atoms with Crippen molar-refractivity contribution >= 4 is 22.2 Å². The molecule has 1 N–H and O–H groups in total. The molecule has 0 saturated carbocycles. The van der Waals surface area contributed by atoms with Crippen molar-refractivity contribution in [2.75, 3.05) is 6.54 Å². The highest BCUT2D eigenvalue weighted by molar-refractivity contribution is 7.19. The lowest BCUT2D eigenvalue weighted by atomic mass is 10.2. The first-order valence-electron chi connectivity index (χ1n) is 5.79. The molecule has 18 heavy (non-hydrogen) atoms. The lowest BCUT2D eigenvalue weighted by molar-refractivity contribution is 0.0961. The van der Waals surface area contributed by atoms with Crippen LogP contribution in [0.15, 0.2) is 12.7 Å². The normalized spacial score (nSPS) is 11.1. The van der Waals surface area contributed by atoms with Crippen LogP contribution >= 0.6 is 11.3 Å². The van der Waals surface area contributed by atoms with Gasteiger partial charge in [-0.05, 0) is 6.92 Å².